The van der Waals surface area contributed by atoms with E-state index in [2.05, 4.69) is 15.6 Å². The Labute approximate surface area is 186 Å². The summed E-state index contributed by atoms with van der Waals surface area (Å²) in [6.45, 7) is 0.449. The number of carbonyl (C=O) groups is 2. The highest BCUT2D eigenvalue weighted by Crippen LogP contribution is 2.17. The van der Waals surface area contributed by atoms with Gasteiger partial charge in [-0.05, 0) is 42.7 Å². The number of rotatable bonds is 10. The van der Waals surface area contributed by atoms with Crippen molar-refractivity contribution in [3.05, 3.63) is 71.9 Å². The highest BCUT2D eigenvalue weighted by molar-refractivity contribution is 7.98. The van der Waals surface area contributed by atoms with Crippen LogP contribution in [0.4, 0.5) is 0 Å². The average molecular weight is 438 g/mol. The van der Waals surface area contributed by atoms with Crippen molar-refractivity contribution in [2.24, 2.45) is 0 Å². The summed E-state index contributed by atoms with van der Waals surface area (Å²) in [5, 5.41) is 6.88. The number of hydrogen-bond donors (Lipinski definition) is 2. The summed E-state index contributed by atoms with van der Waals surface area (Å²) in [5.41, 5.74) is 2.26. The maximum absolute atomic E-state index is 12.8. The fourth-order valence-corrected chi connectivity index (χ4v) is 3.73. The van der Waals surface area contributed by atoms with E-state index in [4.69, 9.17) is 4.74 Å². The SMILES string of the molecule is COc1ccccc1C(=O)NC(CCSC)C(=O)NCCc1ccc2ccccc2n1. The van der Waals surface area contributed by atoms with Gasteiger partial charge in [-0.15, -0.1) is 0 Å². The molecule has 0 spiro atoms. The molecule has 1 heterocycles. The number of methoxy groups -OCH3 is 1. The van der Waals surface area contributed by atoms with Crippen molar-refractivity contribution in [3.63, 3.8) is 0 Å². The van der Waals surface area contributed by atoms with Crippen molar-refractivity contribution in [2.45, 2.75) is 18.9 Å². The zero-order valence-corrected chi connectivity index (χ0v) is 18.6. The lowest BCUT2D eigenvalue weighted by Crippen LogP contribution is -2.47. The van der Waals surface area contributed by atoms with Crippen LogP contribution in [0.1, 0.15) is 22.5 Å². The van der Waals surface area contributed by atoms with E-state index in [0.29, 0.717) is 30.7 Å². The molecule has 0 aliphatic carbocycles. The van der Waals surface area contributed by atoms with Gasteiger partial charge < -0.3 is 15.4 Å². The summed E-state index contributed by atoms with van der Waals surface area (Å²) in [4.78, 5) is 30.2. The number of benzene rings is 2. The number of amides is 2. The number of para-hydroxylation sites is 2. The van der Waals surface area contributed by atoms with Crippen LogP contribution in [-0.4, -0.2) is 48.5 Å². The first-order valence-corrected chi connectivity index (χ1v) is 11.6. The Morgan fingerprint density at radius 2 is 1.84 bits per heavy atom. The lowest BCUT2D eigenvalue weighted by molar-refractivity contribution is -0.122. The second-order valence-corrected chi connectivity index (χ2v) is 8.03. The largest absolute Gasteiger partial charge is 0.496 e. The second kappa shape index (κ2) is 11.4. The minimum Gasteiger partial charge on any atom is -0.496 e. The molecule has 1 unspecified atom stereocenters. The van der Waals surface area contributed by atoms with Gasteiger partial charge in [0, 0.05) is 24.0 Å². The number of aromatic nitrogens is 1. The second-order valence-electron chi connectivity index (χ2n) is 7.04. The van der Waals surface area contributed by atoms with Gasteiger partial charge in [-0.1, -0.05) is 36.4 Å². The van der Waals surface area contributed by atoms with Gasteiger partial charge in [-0.25, -0.2) is 0 Å². The molecule has 1 aromatic heterocycles. The van der Waals surface area contributed by atoms with Crippen molar-refractivity contribution in [2.75, 3.05) is 25.7 Å². The summed E-state index contributed by atoms with van der Waals surface area (Å²) in [6.07, 6.45) is 3.14. The van der Waals surface area contributed by atoms with E-state index in [1.54, 1.807) is 36.0 Å². The number of fused-ring (bicyclic) bond motifs is 1. The van der Waals surface area contributed by atoms with E-state index in [1.807, 2.05) is 42.7 Å². The molecular formula is C24H27N3O3S. The number of nitrogens with one attached hydrogen (secondary N) is 2. The third-order valence-corrected chi connectivity index (χ3v) is 5.56. The van der Waals surface area contributed by atoms with Crippen molar-refractivity contribution in [3.8, 4) is 5.75 Å². The fraction of sp³-hybridized carbons (Fsp3) is 0.292. The molecule has 2 amide bonds. The van der Waals surface area contributed by atoms with E-state index in [-0.39, 0.29) is 11.8 Å². The number of ether oxygens (including phenoxy) is 1. The maximum atomic E-state index is 12.8. The topological polar surface area (TPSA) is 80.3 Å². The summed E-state index contributed by atoms with van der Waals surface area (Å²) in [5.74, 6) is 0.718. The van der Waals surface area contributed by atoms with Crippen LogP contribution in [0.15, 0.2) is 60.7 Å². The minimum atomic E-state index is -0.616. The summed E-state index contributed by atoms with van der Waals surface area (Å²) in [6, 6.07) is 18.3. The van der Waals surface area contributed by atoms with Gasteiger partial charge in [0.2, 0.25) is 5.91 Å². The molecule has 2 N–H and O–H groups in total. The molecule has 162 valence electrons. The van der Waals surface area contributed by atoms with E-state index >= 15 is 0 Å². The van der Waals surface area contributed by atoms with Crippen LogP contribution in [0, 0.1) is 0 Å². The van der Waals surface area contributed by atoms with E-state index in [0.717, 1.165) is 22.3 Å². The lowest BCUT2D eigenvalue weighted by atomic mass is 10.1. The van der Waals surface area contributed by atoms with Gasteiger partial charge in [0.05, 0.1) is 18.2 Å². The third kappa shape index (κ3) is 6.21. The van der Waals surface area contributed by atoms with Crippen molar-refractivity contribution in [1.29, 1.82) is 0 Å². The number of nitrogens with zero attached hydrogens (tertiary/aromatic N) is 1. The van der Waals surface area contributed by atoms with Crippen LogP contribution in [0.25, 0.3) is 10.9 Å². The molecule has 1 atom stereocenters. The normalized spacial score (nSPS) is 11.7. The highest BCUT2D eigenvalue weighted by Gasteiger charge is 2.22. The van der Waals surface area contributed by atoms with Crippen LogP contribution in [0.5, 0.6) is 5.75 Å². The first-order chi connectivity index (χ1) is 15.1. The van der Waals surface area contributed by atoms with Gasteiger partial charge in [-0.3, -0.25) is 14.6 Å². The van der Waals surface area contributed by atoms with Crippen molar-refractivity contribution < 1.29 is 14.3 Å². The first-order valence-electron chi connectivity index (χ1n) is 10.2. The number of thioether (sulfide) groups is 1. The van der Waals surface area contributed by atoms with Gasteiger partial charge in [0.1, 0.15) is 11.8 Å². The van der Waals surface area contributed by atoms with Crippen LogP contribution < -0.4 is 15.4 Å². The van der Waals surface area contributed by atoms with Gasteiger partial charge in [-0.2, -0.15) is 11.8 Å². The van der Waals surface area contributed by atoms with Crippen molar-refractivity contribution in [1.82, 2.24) is 15.6 Å². The predicted octanol–water partition coefficient (Wildman–Crippen LogP) is 3.45. The molecule has 3 aromatic rings. The Balaban J connectivity index is 1.60. The van der Waals surface area contributed by atoms with E-state index in [1.165, 1.54) is 7.11 Å². The average Bonchev–Trinajstić information content (AvgIpc) is 2.81. The van der Waals surface area contributed by atoms with Crippen LogP contribution in [-0.2, 0) is 11.2 Å². The van der Waals surface area contributed by atoms with Crippen LogP contribution in [0.2, 0.25) is 0 Å². The summed E-state index contributed by atoms with van der Waals surface area (Å²) < 4.78 is 5.26. The molecule has 3 rings (SSSR count). The molecule has 0 bridgehead atoms. The van der Waals surface area contributed by atoms with Gasteiger partial charge in [0.15, 0.2) is 0 Å². The molecule has 7 heteroatoms. The Hall–Kier alpha value is -3.06. The van der Waals surface area contributed by atoms with E-state index < -0.39 is 6.04 Å². The molecule has 0 radical (unpaired) electrons. The van der Waals surface area contributed by atoms with Gasteiger partial charge >= 0.3 is 0 Å². The Morgan fingerprint density at radius 3 is 2.65 bits per heavy atom. The standard InChI is InChI=1S/C24H27N3O3S/c1-30-22-10-6-4-8-19(22)23(28)27-21(14-16-31-2)24(29)25-15-13-18-12-11-17-7-3-5-9-20(17)26-18/h3-12,21H,13-16H2,1-2H3,(H,25,29)(H,27,28). The Kier molecular flexibility index (Phi) is 8.29. The molecular weight excluding hydrogens is 410 g/mol. The summed E-state index contributed by atoms with van der Waals surface area (Å²) in [7, 11) is 1.52. The summed E-state index contributed by atoms with van der Waals surface area (Å²) >= 11 is 1.63. The first kappa shape index (κ1) is 22.6. The number of carbonyl (C=O) groups excluding carboxylic acids is 2. The van der Waals surface area contributed by atoms with E-state index in [9.17, 15) is 9.59 Å². The lowest BCUT2D eigenvalue weighted by Gasteiger charge is -2.19. The Morgan fingerprint density at radius 1 is 1.06 bits per heavy atom. The molecule has 0 aliphatic heterocycles. The zero-order valence-electron chi connectivity index (χ0n) is 17.8. The fourth-order valence-electron chi connectivity index (χ4n) is 3.26. The monoisotopic (exact) mass is 437 g/mol. The predicted molar refractivity (Wildman–Crippen MR) is 126 cm³/mol. The number of pyridine rings is 1. The highest BCUT2D eigenvalue weighted by atomic mass is 32.2. The molecule has 2 aromatic carbocycles. The molecule has 6 nitrogen and oxygen atoms in total. The van der Waals surface area contributed by atoms with Gasteiger partial charge in [0.25, 0.3) is 5.91 Å². The smallest absolute Gasteiger partial charge is 0.255 e. The molecule has 0 saturated heterocycles. The minimum absolute atomic E-state index is 0.196. The quantitative estimate of drug-likeness (QED) is 0.508. The zero-order chi connectivity index (χ0) is 22.1. The third-order valence-electron chi connectivity index (χ3n) is 4.92. The molecule has 0 aliphatic rings. The molecule has 31 heavy (non-hydrogen) atoms. The van der Waals surface area contributed by atoms with Crippen LogP contribution >= 0.6 is 11.8 Å². The number of hydrogen-bond acceptors (Lipinski definition) is 5. The van der Waals surface area contributed by atoms with Crippen molar-refractivity contribution >= 4 is 34.5 Å². The maximum Gasteiger partial charge on any atom is 0.255 e. The Bertz CT molecular complexity index is 1040. The molecule has 0 fully saturated rings. The van der Waals surface area contributed by atoms with Crippen LogP contribution in [0.3, 0.4) is 0 Å². The molecule has 0 saturated carbocycles.